The molecule has 1 saturated heterocycles. The number of rotatable bonds is 3. The van der Waals surface area contributed by atoms with Crippen LogP contribution in [-0.2, 0) is 0 Å². The summed E-state index contributed by atoms with van der Waals surface area (Å²) < 4.78 is 22.8. The van der Waals surface area contributed by atoms with Crippen molar-refractivity contribution in [1.82, 2.24) is 4.57 Å². The van der Waals surface area contributed by atoms with Gasteiger partial charge in [-0.05, 0) is 37.7 Å². The number of carbonyl (C=O) groups is 1. The first-order chi connectivity index (χ1) is 13.3. The second kappa shape index (κ2) is 5.70. The SMILES string of the molecule is CC(N)C1[C@H]2CN(c3c(F)cc4c(=O)c(C(=O)O)cn5c4c3OCC5C)C[C@@H]12. The molecule has 28 heavy (non-hydrogen) atoms. The van der Waals surface area contributed by atoms with Gasteiger partial charge in [0.1, 0.15) is 17.9 Å². The van der Waals surface area contributed by atoms with Gasteiger partial charge in [-0.2, -0.15) is 0 Å². The van der Waals surface area contributed by atoms with Gasteiger partial charge in [-0.3, -0.25) is 4.79 Å². The lowest BCUT2D eigenvalue weighted by atomic mass is 10.0. The maximum absolute atomic E-state index is 15.1. The number of aromatic carboxylic acids is 1. The van der Waals surface area contributed by atoms with Gasteiger partial charge in [-0.15, -0.1) is 0 Å². The van der Waals surface area contributed by atoms with E-state index < -0.39 is 17.2 Å². The molecule has 3 N–H and O–H groups in total. The zero-order valence-electron chi connectivity index (χ0n) is 15.7. The molecule has 5 atom stereocenters. The third kappa shape index (κ3) is 2.24. The fourth-order valence-electron chi connectivity index (χ4n) is 5.19. The first-order valence-corrected chi connectivity index (χ1v) is 9.57. The molecule has 8 heteroatoms. The molecular formula is C20H22FN3O4. The lowest BCUT2D eigenvalue weighted by Crippen LogP contribution is -2.32. The molecule has 2 fully saturated rings. The molecule has 5 rings (SSSR count). The lowest BCUT2D eigenvalue weighted by Gasteiger charge is -2.32. The second-order valence-corrected chi connectivity index (χ2v) is 8.35. The Morgan fingerprint density at radius 1 is 1.39 bits per heavy atom. The number of carboxylic acid groups (broad SMARTS) is 1. The van der Waals surface area contributed by atoms with Crippen LogP contribution in [0.3, 0.4) is 0 Å². The molecule has 1 saturated carbocycles. The zero-order chi connectivity index (χ0) is 19.9. The van der Waals surface area contributed by atoms with Crippen molar-refractivity contribution in [3.05, 3.63) is 33.9 Å². The maximum atomic E-state index is 15.1. The molecule has 0 bridgehead atoms. The number of nitrogens with two attached hydrogens (primary N) is 1. The van der Waals surface area contributed by atoms with Crippen molar-refractivity contribution in [3.8, 4) is 5.75 Å². The van der Waals surface area contributed by atoms with E-state index in [1.807, 2.05) is 18.7 Å². The average Bonchev–Trinajstić information content (AvgIpc) is 3.15. The number of ether oxygens (including phenoxy) is 1. The monoisotopic (exact) mass is 387 g/mol. The van der Waals surface area contributed by atoms with Gasteiger partial charge in [-0.25, -0.2) is 9.18 Å². The van der Waals surface area contributed by atoms with Crippen LogP contribution in [0.4, 0.5) is 10.1 Å². The van der Waals surface area contributed by atoms with E-state index in [2.05, 4.69) is 0 Å². The highest BCUT2D eigenvalue weighted by Gasteiger charge is 2.57. The second-order valence-electron chi connectivity index (χ2n) is 8.35. The Balaban J connectivity index is 1.68. The molecule has 7 nitrogen and oxygen atoms in total. The van der Waals surface area contributed by atoms with Crippen LogP contribution in [0.15, 0.2) is 17.1 Å². The fraction of sp³-hybridized carbons (Fsp3) is 0.500. The summed E-state index contributed by atoms with van der Waals surface area (Å²) in [6, 6.07) is 1.13. The summed E-state index contributed by atoms with van der Waals surface area (Å²) in [5.41, 5.74) is 5.81. The minimum atomic E-state index is -1.32. The molecule has 3 unspecified atom stereocenters. The Morgan fingerprint density at radius 2 is 2.07 bits per heavy atom. The van der Waals surface area contributed by atoms with Gasteiger partial charge >= 0.3 is 5.97 Å². The fourth-order valence-corrected chi connectivity index (χ4v) is 5.19. The van der Waals surface area contributed by atoms with E-state index in [1.54, 1.807) is 4.57 Å². The van der Waals surface area contributed by atoms with Gasteiger partial charge in [0.05, 0.1) is 16.9 Å². The molecule has 148 valence electrons. The zero-order valence-corrected chi connectivity index (χ0v) is 15.7. The van der Waals surface area contributed by atoms with Crippen LogP contribution < -0.4 is 20.8 Å². The highest BCUT2D eigenvalue weighted by molar-refractivity contribution is 5.97. The molecule has 0 amide bonds. The number of benzene rings is 1. The van der Waals surface area contributed by atoms with Crippen LogP contribution in [0.25, 0.3) is 10.9 Å². The summed E-state index contributed by atoms with van der Waals surface area (Å²) in [5, 5.41) is 9.40. The van der Waals surface area contributed by atoms with Crippen LogP contribution >= 0.6 is 0 Å². The third-order valence-electron chi connectivity index (χ3n) is 6.56. The van der Waals surface area contributed by atoms with Crippen molar-refractivity contribution in [2.75, 3.05) is 24.6 Å². The number of halogens is 1. The first-order valence-electron chi connectivity index (χ1n) is 9.57. The van der Waals surface area contributed by atoms with Gasteiger partial charge < -0.3 is 25.0 Å². The number of anilines is 1. The lowest BCUT2D eigenvalue weighted by molar-refractivity contribution is 0.0694. The third-order valence-corrected chi connectivity index (χ3v) is 6.56. The van der Waals surface area contributed by atoms with Crippen molar-refractivity contribution >= 4 is 22.6 Å². The van der Waals surface area contributed by atoms with E-state index in [9.17, 15) is 14.7 Å². The van der Waals surface area contributed by atoms with Gasteiger partial charge in [0.25, 0.3) is 0 Å². The van der Waals surface area contributed by atoms with Crippen LogP contribution in [0.5, 0.6) is 5.75 Å². The largest absolute Gasteiger partial charge is 0.487 e. The van der Waals surface area contributed by atoms with Crippen molar-refractivity contribution < 1.29 is 19.0 Å². The number of nitrogens with zero attached hydrogens (tertiary/aromatic N) is 2. The quantitative estimate of drug-likeness (QED) is 0.834. The molecule has 1 aromatic carbocycles. The minimum absolute atomic E-state index is 0.0421. The highest BCUT2D eigenvalue weighted by atomic mass is 19.1. The molecule has 0 spiro atoms. The van der Waals surface area contributed by atoms with Crippen LogP contribution in [0.1, 0.15) is 30.2 Å². The van der Waals surface area contributed by atoms with Crippen LogP contribution in [-0.4, -0.2) is 41.4 Å². The number of pyridine rings is 1. The van der Waals surface area contributed by atoms with Gasteiger partial charge in [0, 0.05) is 25.3 Å². The molecule has 2 aromatic rings. The van der Waals surface area contributed by atoms with Crippen LogP contribution in [0.2, 0.25) is 0 Å². The van der Waals surface area contributed by atoms with Crippen molar-refractivity contribution in [3.63, 3.8) is 0 Å². The molecule has 2 aliphatic heterocycles. The Bertz CT molecular complexity index is 1070. The number of fused-ring (bicyclic) bond motifs is 1. The van der Waals surface area contributed by atoms with E-state index >= 15 is 4.39 Å². The molecule has 3 aliphatic rings. The Hall–Kier alpha value is -2.61. The highest BCUT2D eigenvalue weighted by Crippen LogP contribution is 2.55. The van der Waals surface area contributed by atoms with E-state index in [4.69, 9.17) is 10.5 Å². The Morgan fingerprint density at radius 3 is 2.68 bits per heavy atom. The predicted octanol–water partition coefficient (Wildman–Crippen LogP) is 1.82. The van der Waals surface area contributed by atoms with E-state index in [1.165, 1.54) is 6.20 Å². The summed E-state index contributed by atoms with van der Waals surface area (Å²) in [5.74, 6) is -0.138. The van der Waals surface area contributed by atoms with Crippen LogP contribution in [0, 0.1) is 23.6 Å². The number of piperidine rings is 1. The van der Waals surface area contributed by atoms with Crippen molar-refractivity contribution in [2.24, 2.45) is 23.5 Å². The molecule has 1 aromatic heterocycles. The first kappa shape index (κ1) is 17.5. The topological polar surface area (TPSA) is 97.8 Å². The van der Waals surface area contributed by atoms with Crippen molar-refractivity contribution in [2.45, 2.75) is 25.9 Å². The summed E-state index contributed by atoms with van der Waals surface area (Å²) in [6.07, 6.45) is 1.35. The van der Waals surface area contributed by atoms with E-state index in [0.717, 1.165) is 6.07 Å². The number of hydrogen-bond donors (Lipinski definition) is 2. The smallest absolute Gasteiger partial charge is 0.341 e. The summed E-state index contributed by atoms with van der Waals surface area (Å²) in [7, 11) is 0. The summed E-state index contributed by atoms with van der Waals surface area (Å²) in [6.45, 7) is 5.59. The number of hydrogen-bond acceptors (Lipinski definition) is 5. The van der Waals surface area contributed by atoms with E-state index in [-0.39, 0.29) is 29.6 Å². The maximum Gasteiger partial charge on any atom is 0.341 e. The average molecular weight is 387 g/mol. The predicted molar refractivity (Wildman–Crippen MR) is 102 cm³/mol. The molecule has 0 radical (unpaired) electrons. The summed E-state index contributed by atoms with van der Waals surface area (Å²) in [4.78, 5) is 26.1. The van der Waals surface area contributed by atoms with Gasteiger partial charge in [0.15, 0.2) is 11.6 Å². The van der Waals surface area contributed by atoms with Gasteiger partial charge in [-0.1, -0.05) is 0 Å². The van der Waals surface area contributed by atoms with Crippen molar-refractivity contribution in [1.29, 1.82) is 0 Å². The Kier molecular flexibility index (Phi) is 3.56. The Labute approximate surface area is 160 Å². The molecular weight excluding hydrogens is 365 g/mol. The molecule has 1 aliphatic carbocycles. The summed E-state index contributed by atoms with van der Waals surface area (Å²) >= 11 is 0. The van der Waals surface area contributed by atoms with Gasteiger partial charge in [0.2, 0.25) is 5.43 Å². The molecule has 3 heterocycles. The van der Waals surface area contributed by atoms with E-state index in [0.29, 0.717) is 47.8 Å². The standard InChI is InChI=1S/C20H22FN3O4/c1-8-7-28-19-16-10(18(25)13(20(26)27)6-24(8)16)3-14(21)17(19)23-4-11-12(5-23)15(11)9(2)22/h3,6,8-9,11-12,15H,4-5,7,22H2,1-2H3,(H,26,27)/t8?,9?,11-,12+,15?. The minimum Gasteiger partial charge on any atom is -0.487 e. The number of aromatic nitrogens is 1. The number of carboxylic acids is 1. The normalized spacial score (nSPS) is 28.8.